The highest BCUT2D eigenvalue weighted by Crippen LogP contribution is 2.29. The molecular formula is C25H27N5O2. The molecule has 1 aromatic heterocycles. The van der Waals surface area contributed by atoms with E-state index in [4.69, 9.17) is 5.26 Å². The van der Waals surface area contributed by atoms with Crippen LogP contribution in [0.1, 0.15) is 29.7 Å². The number of carbonyl (C=O) groups is 1. The minimum atomic E-state index is -0.434. The molecule has 1 aliphatic heterocycles. The molecule has 0 bridgehead atoms. The number of nitrogens with one attached hydrogen (secondary N) is 1. The molecule has 0 saturated carbocycles. The maximum atomic E-state index is 13.3. The zero-order valence-corrected chi connectivity index (χ0v) is 18.0. The molecule has 2 aromatic carbocycles. The molecular weight excluding hydrogens is 402 g/mol. The number of para-hydroxylation sites is 1. The number of rotatable bonds is 7. The normalized spacial score (nSPS) is 20.4. The molecule has 0 radical (unpaired) electrons. The van der Waals surface area contributed by atoms with Crippen LogP contribution in [0.2, 0.25) is 0 Å². The van der Waals surface area contributed by atoms with Crippen LogP contribution in [0.15, 0.2) is 67.1 Å². The highest BCUT2D eigenvalue weighted by Gasteiger charge is 2.34. The van der Waals surface area contributed by atoms with Crippen molar-refractivity contribution in [1.82, 2.24) is 19.5 Å². The van der Waals surface area contributed by atoms with Crippen LogP contribution in [0.5, 0.6) is 0 Å². The van der Waals surface area contributed by atoms with Crippen LogP contribution < -0.4 is 9.96 Å². The zero-order valence-electron chi connectivity index (χ0n) is 18.0. The Morgan fingerprint density at radius 2 is 2.00 bits per heavy atom. The molecule has 0 spiro atoms. The summed E-state index contributed by atoms with van der Waals surface area (Å²) < 4.78 is 1.61. The number of quaternary nitrogens is 1. The van der Waals surface area contributed by atoms with Crippen molar-refractivity contribution >= 4 is 11.6 Å². The van der Waals surface area contributed by atoms with Gasteiger partial charge in [0, 0.05) is 31.4 Å². The number of benzene rings is 2. The number of amides is 1. The lowest BCUT2D eigenvalue weighted by Gasteiger charge is -2.47. The Bertz CT molecular complexity index is 1090. The fourth-order valence-electron chi connectivity index (χ4n) is 4.32. The first kappa shape index (κ1) is 21.8. The molecule has 1 fully saturated rings. The van der Waals surface area contributed by atoms with Crippen molar-refractivity contribution < 1.29 is 4.79 Å². The second-order valence-corrected chi connectivity index (χ2v) is 8.33. The molecule has 3 aromatic rings. The highest BCUT2D eigenvalue weighted by molar-refractivity contribution is 5.79. The van der Waals surface area contributed by atoms with E-state index in [0.29, 0.717) is 31.6 Å². The molecule has 1 amide bonds. The molecule has 7 heteroatoms. The van der Waals surface area contributed by atoms with Crippen molar-refractivity contribution in [2.24, 2.45) is 5.92 Å². The second-order valence-electron chi connectivity index (χ2n) is 8.33. The number of hydroxylamine groups is 2. The monoisotopic (exact) mass is 429 g/mol. The second kappa shape index (κ2) is 9.77. The van der Waals surface area contributed by atoms with Crippen LogP contribution >= 0.6 is 0 Å². The van der Waals surface area contributed by atoms with E-state index in [1.165, 1.54) is 0 Å². The van der Waals surface area contributed by atoms with Crippen molar-refractivity contribution in [3.63, 3.8) is 0 Å². The van der Waals surface area contributed by atoms with Gasteiger partial charge in [0.2, 0.25) is 5.91 Å². The minimum Gasteiger partial charge on any atom is -0.627 e. The van der Waals surface area contributed by atoms with E-state index in [1.54, 1.807) is 18.5 Å². The Morgan fingerprint density at radius 3 is 2.75 bits per heavy atom. The zero-order chi connectivity index (χ0) is 22.4. The van der Waals surface area contributed by atoms with Gasteiger partial charge in [0.1, 0.15) is 5.69 Å². The van der Waals surface area contributed by atoms with Gasteiger partial charge < -0.3 is 19.7 Å². The summed E-state index contributed by atoms with van der Waals surface area (Å²) in [6.45, 7) is 1.96. The Balaban J connectivity index is 1.31. The summed E-state index contributed by atoms with van der Waals surface area (Å²) in [6.07, 6.45) is 5.74. The van der Waals surface area contributed by atoms with E-state index >= 15 is 0 Å². The van der Waals surface area contributed by atoms with E-state index < -0.39 is 4.65 Å². The number of imidazole rings is 1. The number of nitriles is 1. The standard InChI is InChI=1S/C25H27N5O2/c26-15-20-8-10-21(11-9-20)17-29-19-27-16-23(29)12-13-28-25(31)22-5-4-14-30(32,18-22)24-6-2-1-3-7-24/h1-3,6-11,16,19,22H,4-5,12-14,17-18H2,(H,28,31). The highest BCUT2D eigenvalue weighted by atomic mass is 16.5. The summed E-state index contributed by atoms with van der Waals surface area (Å²) in [6, 6.07) is 19.0. The van der Waals surface area contributed by atoms with E-state index in [9.17, 15) is 10.0 Å². The first-order valence-electron chi connectivity index (χ1n) is 11.0. The fraction of sp³-hybridized carbons (Fsp3) is 0.320. The van der Waals surface area contributed by atoms with Gasteiger partial charge in [-0.2, -0.15) is 5.26 Å². The van der Waals surface area contributed by atoms with Crippen LogP contribution in [-0.4, -0.2) is 35.1 Å². The molecule has 1 N–H and O–H groups in total. The summed E-state index contributed by atoms with van der Waals surface area (Å²) >= 11 is 0. The van der Waals surface area contributed by atoms with Gasteiger partial charge in [-0.1, -0.05) is 30.3 Å². The van der Waals surface area contributed by atoms with Gasteiger partial charge in [0.15, 0.2) is 0 Å². The summed E-state index contributed by atoms with van der Waals surface area (Å²) in [4.78, 5) is 17.0. The summed E-state index contributed by atoms with van der Waals surface area (Å²) in [5, 5.41) is 25.2. The number of nitrogens with zero attached hydrogens (tertiary/aromatic N) is 4. The average molecular weight is 430 g/mol. The van der Waals surface area contributed by atoms with E-state index in [2.05, 4.69) is 16.4 Å². The van der Waals surface area contributed by atoms with Crippen LogP contribution in [0.4, 0.5) is 5.69 Å². The molecule has 7 nitrogen and oxygen atoms in total. The van der Waals surface area contributed by atoms with Crippen molar-refractivity contribution in [1.29, 1.82) is 5.26 Å². The predicted molar refractivity (Wildman–Crippen MR) is 123 cm³/mol. The molecule has 0 aliphatic carbocycles. The van der Waals surface area contributed by atoms with Gasteiger partial charge in [-0.25, -0.2) is 4.98 Å². The Morgan fingerprint density at radius 1 is 1.22 bits per heavy atom. The average Bonchev–Trinajstić information content (AvgIpc) is 3.27. The molecule has 1 saturated heterocycles. The third kappa shape index (κ3) is 5.05. The van der Waals surface area contributed by atoms with Crippen molar-refractivity contribution in [2.45, 2.75) is 25.8 Å². The van der Waals surface area contributed by atoms with Crippen LogP contribution in [0.25, 0.3) is 0 Å². The molecule has 1 aliphatic rings. The third-order valence-corrected chi connectivity index (χ3v) is 6.10. The molecule has 164 valence electrons. The largest absolute Gasteiger partial charge is 0.627 e. The lowest BCUT2D eigenvalue weighted by atomic mass is 9.96. The van der Waals surface area contributed by atoms with Gasteiger partial charge in [-0.15, -0.1) is 0 Å². The van der Waals surface area contributed by atoms with E-state index in [-0.39, 0.29) is 18.4 Å². The number of carbonyl (C=O) groups excluding carboxylic acids is 1. The summed E-state index contributed by atoms with van der Waals surface area (Å²) in [5.41, 5.74) is 3.46. The molecule has 2 atom stereocenters. The van der Waals surface area contributed by atoms with E-state index in [1.807, 2.05) is 53.2 Å². The number of piperidine rings is 1. The molecule has 2 unspecified atom stereocenters. The SMILES string of the molecule is N#Cc1ccc(Cn2cncc2CCNC(=O)C2CCC[N+]([O-])(c3ccccc3)C2)cc1. The molecule has 2 heterocycles. The lowest BCUT2D eigenvalue weighted by Crippen LogP contribution is -2.54. The van der Waals surface area contributed by atoms with Crippen molar-refractivity contribution in [2.75, 3.05) is 19.6 Å². The summed E-state index contributed by atoms with van der Waals surface area (Å²) in [7, 11) is 0. The lowest BCUT2D eigenvalue weighted by molar-refractivity contribution is -0.126. The minimum absolute atomic E-state index is 0.0443. The maximum absolute atomic E-state index is 13.3. The van der Waals surface area contributed by atoms with Crippen molar-refractivity contribution in [3.8, 4) is 6.07 Å². The Hall–Kier alpha value is -3.47. The van der Waals surface area contributed by atoms with Crippen LogP contribution in [0, 0.1) is 22.5 Å². The van der Waals surface area contributed by atoms with Crippen LogP contribution in [0.3, 0.4) is 0 Å². The Kier molecular flexibility index (Phi) is 6.64. The first-order chi connectivity index (χ1) is 15.6. The van der Waals surface area contributed by atoms with Gasteiger partial charge in [-0.05, 0) is 42.7 Å². The summed E-state index contributed by atoms with van der Waals surface area (Å²) in [5.74, 6) is -0.317. The van der Waals surface area contributed by atoms with Gasteiger partial charge in [0.05, 0.1) is 37.0 Å². The fourth-order valence-corrected chi connectivity index (χ4v) is 4.32. The third-order valence-electron chi connectivity index (χ3n) is 6.10. The van der Waals surface area contributed by atoms with Crippen molar-refractivity contribution in [3.05, 3.63) is 89.1 Å². The number of hydrogen-bond donors (Lipinski definition) is 1. The Labute approximate surface area is 188 Å². The quantitative estimate of drug-likeness (QED) is 0.460. The van der Waals surface area contributed by atoms with E-state index in [0.717, 1.165) is 29.8 Å². The van der Waals surface area contributed by atoms with Crippen LogP contribution in [-0.2, 0) is 17.8 Å². The molecule has 4 rings (SSSR count). The smallest absolute Gasteiger partial charge is 0.228 e. The molecule has 32 heavy (non-hydrogen) atoms. The van der Waals surface area contributed by atoms with Gasteiger partial charge in [0.25, 0.3) is 0 Å². The maximum Gasteiger partial charge on any atom is 0.228 e. The van der Waals surface area contributed by atoms with Gasteiger partial charge >= 0.3 is 0 Å². The topological polar surface area (TPSA) is 93.8 Å². The number of hydrogen-bond acceptors (Lipinski definition) is 4. The first-order valence-corrected chi connectivity index (χ1v) is 11.0. The number of aromatic nitrogens is 2. The van der Waals surface area contributed by atoms with Gasteiger partial charge in [-0.3, -0.25) is 4.79 Å². The predicted octanol–water partition coefficient (Wildman–Crippen LogP) is 3.38.